The van der Waals surface area contributed by atoms with Crippen LogP contribution < -0.4 is 19.7 Å². The summed E-state index contributed by atoms with van der Waals surface area (Å²) in [6, 6.07) is 8.66. The van der Waals surface area contributed by atoms with Crippen LogP contribution in [0.5, 0.6) is 11.5 Å². The summed E-state index contributed by atoms with van der Waals surface area (Å²) < 4.78 is 10.9. The van der Waals surface area contributed by atoms with Gasteiger partial charge in [0.2, 0.25) is 12.7 Å². The van der Waals surface area contributed by atoms with Crippen LogP contribution >= 0.6 is 0 Å². The maximum Gasteiger partial charge on any atom is 0.231 e. The van der Waals surface area contributed by atoms with E-state index in [0.29, 0.717) is 32.1 Å². The van der Waals surface area contributed by atoms with Crippen LogP contribution in [0.3, 0.4) is 0 Å². The second kappa shape index (κ2) is 10.7. The van der Waals surface area contributed by atoms with E-state index in [4.69, 9.17) is 14.7 Å². The maximum absolute atomic E-state index is 11.9. The Morgan fingerprint density at radius 1 is 1.10 bits per heavy atom. The molecule has 4 rings (SSSR count). The number of amides is 1. The van der Waals surface area contributed by atoms with Gasteiger partial charge in [0.05, 0.1) is 6.07 Å². The van der Waals surface area contributed by atoms with Crippen molar-refractivity contribution in [2.24, 2.45) is 5.92 Å². The molecule has 1 saturated carbocycles. The highest BCUT2D eigenvalue weighted by molar-refractivity contribution is 5.76. The van der Waals surface area contributed by atoms with E-state index in [9.17, 15) is 4.79 Å². The zero-order valence-electron chi connectivity index (χ0n) is 18.4. The normalized spacial score (nSPS) is 23.4. The Morgan fingerprint density at radius 3 is 2.65 bits per heavy atom. The van der Waals surface area contributed by atoms with Crippen molar-refractivity contribution < 1.29 is 14.3 Å². The lowest BCUT2D eigenvalue weighted by atomic mass is 9.84. The number of nitrogens with one attached hydrogen (secondary N) is 1. The van der Waals surface area contributed by atoms with Crippen LogP contribution in [0.25, 0.3) is 0 Å². The third kappa shape index (κ3) is 6.04. The summed E-state index contributed by atoms with van der Waals surface area (Å²) >= 11 is 0. The minimum absolute atomic E-state index is 0.110. The molecule has 2 aliphatic heterocycles. The molecule has 2 fully saturated rings. The summed E-state index contributed by atoms with van der Waals surface area (Å²) in [6.07, 6.45) is 7.46. The highest BCUT2D eigenvalue weighted by Gasteiger charge is 2.24. The molecule has 7 nitrogen and oxygen atoms in total. The predicted molar refractivity (Wildman–Crippen MR) is 119 cm³/mol. The average molecular weight is 427 g/mol. The van der Waals surface area contributed by atoms with Crippen molar-refractivity contribution in [3.63, 3.8) is 0 Å². The minimum atomic E-state index is 0.110. The van der Waals surface area contributed by atoms with Crippen LogP contribution in [0, 0.1) is 17.2 Å². The van der Waals surface area contributed by atoms with Crippen molar-refractivity contribution in [3.8, 4) is 17.6 Å². The van der Waals surface area contributed by atoms with E-state index >= 15 is 0 Å². The van der Waals surface area contributed by atoms with Crippen molar-refractivity contribution >= 4 is 11.6 Å². The summed E-state index contributed by atoms with van der Waals surface area (Å²) in [6.45, 7) is 5.79. The fraction of sp³-hybridized carbons (Fsp3) is 0.667. The Morgan fingerprint density at radius 2 is 1.87 bits per heavy atom. The molecule has 0 aromatic heterocycles. The quantitative estimate of drug-likeness (QED) is 0.643. The summed E-state index contributed by atoms with van der Waals surface area (Å²) in [5.41, 5.74) is 1.22. The molecule has 2 heterocycles. The molecule has 0 bridgehead atoms. The second-order valence-electron chi connectivity index (χ2n) is 8.95. The molecule has 1 aromatic carbocycles. The molecule has 0 atom stereocenters. The van der Waals surface area contributed by atoms with E-state index in [2.05, 4.69) is 33.3 Å². The van der Waals surface area contributed by atoms with Crippen LogP contribution in [0.4, 0.5) is 5.69 Å². The van der Waals surface area contributed by atoms with Gasteiger partial charge in [-0.25, -0.2) is 0 Å². The smallest absolute Gasteiger partial charge is 0.231 e. The van der Waals surface area contributed by atoms with Crippen molar-refractivity contribution in [1.82, 2.24) is 10.2 Å². The number of anilines is 1. The van der Waals surface area contributed by atoms with E-state index in [-0.39, 0.29) is 5.91 Å². The molecule has 1 aliphatic carbocycles. The zero-order chi connectivity index (χ0) is 21.5. The molecule has 1 N–H and O–H groups in total. The van der Waals surface area contributed by atoms with Crippen LogP contribution in [0.2, 0.25) is 0 Å². The lowest BCUT2D eigenvalue weighted by Gasteiger charge is -2.37. The molecule has 0 unspecified atom stereocenters. The van der Waals surface area contributed by atoms with Crippen LogP contribution in [-0.2, 0) is 4.79 Å². The van der Waals surface area contributed by atoms with Gasteiger partial charge >= 0.3 is 0 Å². The number of nitriles is 1. The number of fused-ring (bicyclic) bond motifs is 1. The van der Waals surface area contributed by atoms with Gasteiger partial charge in [-0.3, -0.25) is 9.69 Å². The molecule has 0 radical (unpaired) electrons. The van der Waals surface area contributed by atoms with Crippen molar-refractivity contribution in [2.45, 2.75) is 57.4 Å². The standard InChI is InChI=1S/C24H34N4O3/c25-11-2-1-3-24(29)26-20-6-4-19(5-7-20)10-12-27-13-15-28(16-14-27)21-8-9-22-23(17-21)31-18-30-22/h8-9,17,19-20H,1-7,10,12-16,18H2,(H,26,29)/t19-,20-. The van der Waals surface area contributed by atoms with Crippen LogP contribution in [-0.4, -0.2) is 56.4 Å². The number of benzene rings is 1. The summed E-state index contributed by atoms with van der Waals surface area (Å²) in [7, 11) is 0. The second-order valence-corrected chi connectivity index (χ2v) is 8.95. The van der Waals surface area contributed by atoms with E-state index in [1.54, 1.807) is 0 Å². The predicted octanol–water partition coefficient (Wildman–Crippen LogP) is 3.30. The first kappa shape index (κ1) is 21.8. The number of carbonyl (C=O) groups excluding carboxylic acids is 1. The van der Waals surface area contributed by atoms with Crippen molar-refractivity contribution in [3.05, 3.63) is 18.2 Å². The fourth-order valence-corrected chi connectivity index (χ4v) is 4.90. The van der Waals surface area contributed by atoms with Crippen LogP contribution in [0.1, 0.15) is 51.4 Å². The molecular weight excluding hydrogens is 392 g/mol. The Kier molecular flexibility index (Phi) is 7.52. The highest BCUT2D eigenvalue weighted by Crippen LogP contribution is 2.35. The van der Waals surface area contributed by atoms with Gasteiger partial charge in [-0.2, -0.15) is 5.26 Å². The van der Waals surface area contributed by atoms with E-state index in [1.807, 2.05) is 6.07 Å². The van der Waals surface area contributed by atoms with Gasteiger partial charge in [0.15, 0.2) is 11.5 Å². The minimum Gasteiger partial charge on any atom is -0.454 e. The van der Waals surface area contributed by atoms with Gasteiger partial charge in [0.1, 0.15) is 0 Å². The largest absolute Gasteiger partial charge is 0.454 e. The first-order valence-electron chi connectivity index (χ1n) is 11.7. The van der Waals surface area contributed by atoms with E-state index in [0.717, 1.165) is 56.4 Å². The highest BCUT2D eigenvalue weighted by atomic mass is 16.7. The SMILES string of the molecule is N#CCCCC(=O)N[C@H]1CC[C@H](CCN2CCN(c3ccc4c(c3)OCO4)CC2)CC1. The first-order valence-corrected chi connectivity index (χ1v) is 11.7. The van der Waals surface area contributed by atoms with Gasteiger partial charge in [-0.1, -0.05) is 0 Å². The number of unbranched alkanes of at least 4 members (excludes halogenated alkanes) is 1. The molecule has 1 amide bonds. The third-order valence-electron chi connectivity index (χ3n) is 6.85. The molecule has 1 aromatic rings. The van der Waals surface area contributed by atoms with Gasteiger partial charge in [-0.15, -0.1) is 0 Å². The molecule has 31 heavy (non-hydrogen) atoms. The van der Waals surface area contributed by atoms with E-state index < -0.39 is 0 Å². The third-order valence-corrected chi connectivity index (χ3v) is 6.85. The number of nitrogens with zero attached hydrogens (tertiary/aromatic N) is 3. The molecule has 0 spiro atoms. The molecule has 168 valence electrons. The van der Waals surface area contributed by atoms with Gasteiger partial charge in [-0.05, 0) is 63.1 Å². The monoisotopic (exact) mass is 426 g/mol. The van der Waals surface area contributed by atoms with Crippen molar-refractivity contribution in [2.75, 3.05) is 44.4 Å². The number of hydrogen-bond donors (Lipinski definition) is 1. The molecule has 7 heteroatoms. The number of ether oxygens (including phenoxy) is 2. The van der Waals surface area contributed by atoms with Crippen LogP contribution in [0.15, 0.2) is 18.2 Å². The molecule has 3 aliphatic rings. The number of rotatable bonds is 8. The van der Waals surface area contributed by atoms with E-state index in [1.165, 1.54) is 31.5 Å². The average Bonchev–Trinajstić information content (AvgIpc) is 3.27. The van der Waals surface area contributed by atoms with Gasteiger partial charge in [0.25, 0.3) is 0 Å². The number of carbonyl (C=O) groups is 1. The van der Waals surface area contributed by atoms with Gasteiger partial charge in [0, 0.05) is 56.8 Å². The molecular formula is C24H34N4O3. The zero-order valence-corrected chi connectivity index (χ0v) is 18.4. The Hall–Kier alpha value is -2.46. The Bertz CT molecular complexity index is 778. The topological polar surface area (TPSA) is 77.8 Å². The van der Waals surface area contributed by atoms with Crippen molar-refractivity contribution in [1.29, 1.82) is 5.26 Å². The number of hydrogen-bond acceptors (Lipinski definition) is 6. The summed E-state index contributed by atoms with van der Waals surface area (Å²) in [5.74, 6) is 2.59. The Balaban J connectivity index is 1.11. The number of piperazine rings is 1. The fourth-order valence-electron chi connectivity index (χ4n) is 4.90. The first-order chi connectivity index (χ1) is 15.2. The van der Waals surface area contributed by atoms with Gasteiger partial charge < -0.3 is 19.7 Å². The molecule has 1 saturated heterocycles. The lowest BCUT2D eigenvalue weighted by Crippen LogP contribution is -2.47. The summed E-state index contributed by atoms with van der Waals surface area (Å²) in [4.78, 5) is 17.0. The Labute approximate surface area is 185 Å². The lowest BCUT2D eigenvalue weighted by molar-refractivity contribution is -0.122. The summed E-state index contributed by atoms with van der Waals surface area (Å²) in [5, 5.41) is 11.7. The maximum atomic E-state index is 11.9.